The zero-order valence-electron chi connectivity index (χ0n) is 9.96. The molecule has 0 aliphatic carbocycles. The number of hydrogen-bond donors (Lipinski definition) is 4. The van der Waals surface area contributed by atoms with Gasteiger partial charge in [-0.05, 0) is 12.5 Å². The van der Waals surface area contributed by atoms with Crippen LogP contribution in [0, 0.1) is 0 Å². The molecule has 0 radical (unpaired) electrons. The van der Waals surface area contributed by atoms with E-state index in [9.17, 15) is 14.4 Å². The molecule has 104 valence electrons. The predicted molar refractivity (Wildman–Crippen MR) is 62.4 cm³/mol. The van der Waals surface area contributed by atoms with E-state index in [2.05, 4.69) is 10.6 Å². The zero-order valence-corrected chi connectivity index (χ0v) is 9.96. The zero-order chi connectivity index (χ0) is 14.3. The standard InChI is InChI=1S/C11H14N2O6/c14-9(15)2-1-8(10(16)17)13-11(18)12-5-7-3-4-19-6-7/h3-4,6,8H,1-2,5H2,(H,14,15)(H,16,17)(H2,12,13,18)/t8-/m0/s1. The molecule has 0 aliphatic heterocycles. The first-order chi connectivity index (χ1) is 8.99. The lowest BCUT2D eigenvalue weighted by molar-refractivity contribution is -0.140. The van der Waals surface area contributed by atoms with Crippen LogP contribution in [0.5, 0.6) is 0 Å². The van der Waals surface area contributed by atoms with Crippen LogP contribution in [0.3, 0.4) is 0 Å². The second-order valence-electron chi connectivity index (χ2n) is 3.78. The minimum atomic E-state index is -1.28. The van der Waals surface area contributed by atoms with Crippen molar-refractivity contribution in [1.82, 2.24) is 10.6 Å². The van der Waals surface area contributed by atoms with Crippen LogP contribution in [0.1, 0.15) is 18.4 Å². The second kappa shape index (κ2) is 7.04. The molecule has 0 fully saturated rings. The highest BCUT2D eigenvalue weighted by Crippen LogP contribution is 2.00. The summed E-state index contributed by atoms with van der Waals surface area (Å²) in [4.78, 5) is 32.6. The van der Waals surface area contributed by atoms with Crippen molar-refractivity contribution < 1.29 is 29.0 Å². The van der Waals surface area contributed by atoms with E-state index in [4.69, 9.17) is 14.6 Å². The van der Waals surface area contributed by atoms with Crippen LogP contribution in [-0.2, 0) is 16.1 Å². The summed E-state index contributed by atoms with van der Waals surface area (Å²) in [5.41, 5.74) is 0.729. The third-order valence-corrected chi connectivity index (χ3v) is 2.28. The van der Waals surface area contributed by atoms with Gasteiger partial charge >= 0.3 is 18.0 Å². The Bertz CT molecular complexity index is 442. The number of rotatable bonds is 7. The van der Waals surface area contributed by atoms with Crippen LogP contribution >= 0.6 is 0 Å². The van der Waals surface area contributed by atoms with Gasteiger partial charge < -0.3 is 25.3 Å². The van der Waals surface area contributed by atoms with E-state index in [0.29, 0.717) is 0 Å². The van der Waals surface area contributed by atoms with Crippen molar-refractivity contribution in [1.29, 1.82) is 0 Å². The van der Waals surface area contributed by atoms with Gasteiger partial charge in [0.25, 0.3) is 0 Å². The van der Waals surface area contributed by atoms with Gasteiger partial charge in [-0.3, -0.25) is 4.79 Å². The molecule has 2 amide bonds. The van der Waals surface area contributed by atoms with E-state index in [1.165, 1.54) is 12.5 Å². The molecule has 0 spiro atoms. The number of carboxylic acids is 2. The topological polar surface area (TPSA) is 129 Å². The van der Waals surface area contributed by atoms with E-state index in [0.717, 1.165) is 5.56 Å². The van der Waals surface area contributed by atoms with Crippen molar-refractivity contribution >= 4 is 18.0 Å². The summed E-state index contributed by atoms with van der Waals surface area (Å²) in [7, 11) is 0. The molecule has 8 heteroatoms. The Kier molecular flexibility index (Phi) is 5.39. The third-order valence-electron chi connectivity index (χ3n) is 2.28. The number of carbonyl (C=O) groups is 3. The molecule has 1 aromatic heterocycles. The Morgan fingerprint density at radius 2 is 2.05 bits per heavy atom. The first kappa shape index (κ1) is 14.6. The van der Waals surface area contributed by atoms with E-state index in [-0.39, 0.29) is 19.4 Å². The lowest BCUT2D eigenvalue weighted by Crippen LogP contribution is -2.45. The van der Waals surface area contributed by atoms with Crippen LogP contribution in [0.4, 0.5) is 4.79 Å². The molecular formula is C11H14N2O6. The van der Waals surface area contributed by atoms with Crippen molar-refractivity contribution in [3.63, 3.8) is 0 Å². The Balaban J connectivity index is 2.38. The summed E-state index contributed by atoms with van der Waals surface area (Å²) in [6.07, 6.45) is 2.38. The van der Waals surface area contributed by atoms with E-state index in [1.807, 2.05) is 0 Å². The fourth-order valence-electron chi connectivity index (χ4n) is 1.31. The number of carbonyl (C=O) groups excluding carboxylic acids is 1. The van der Waals surface area contributed by atoms with Gasteiger partial charge in [-0.1, -0.05) is 0 Å². The van der Waals surface area contributed by atoms with Crippen LogP contribution in [0.15, 0.2) is 23.0 Å². The molecule has 1 aromatic rings. The third kappa shape index (κ3) is 5.57. The smallest absolute Gasteiger partial charge is 0.326 e. The Labute approximate surface area is 108 Å². The van der Waals surface area contributed by atoms with E-state index in [1.54, 1.807) is 6.07 Å². The monoisotopic (exact) mass is 270 g/mol. The first-order valence-corrected chi connectivity index (χ1v) is 5.49. The molecule has 1 atom stereocenters. The highest BCUT2D eigenvalue weighted by atomic mass is 16.4. The number of nitrogens with one attached hydrogen (secondary N) is 2. The van der Waals surface area contributed by atoms with Crippen LogP contribution < -0.4 is 10.6 Å². The molecule has 8 nitrogen and oxygen atoms in total. The van der Waals surface area contributed by atoms with Gasteiger partial charge in [0.2, 0.25) is 0 Å². The minimum Gasteiger partial charge on any atom is -0.481 e. The predicted octanol–water partition coefficient (Wildman–Crippen LogP) is 0.397. The number of furan rings is 1. The summed E-state index contributed by atoms with van der Waals surface area (Å²) >= 11 is 0. The summed E-state index contributed by atoms with van der Waals surface area (Å²) in [5.74, 6) is -2.40. The summed E-state index contributed by atoms with van der Waals surface area (Å²) < 4.78 is 4.80. The van der Waals surface area contributed by atoms with E-state index < -0.39 is 24.0 Å². The maximum Gasteiger partial charge on any atom is 0.326 e. The molecule has 0 bridgehead atoms. The number of carboxylic acid groups (broad SMARTS) is 2. The number of aliphatic carboxylic acids is 2. The maximum atomic E-state index is 11.4. The Morgan fingerprint density at radius 1 is 1.32 bits per heavy atom. The van der Waals surface area contributed by atoms with Gasteiger partial charge in [0.1, 0.15) is 6.04 Å². The Morgan fingerprint density at radius 3 is 2.58 bits per heavy atom. The molecule has 0 saturated carbocycles. The quantitative estimate of drug-likeness (QED) is 0.567. The molecule has 0 unspecified atom stereocenters. The molecule has 4 N–H and O–H groups in total. The normalized spacial score (nSPS) is 11.6. The van der Waals surface area contributed by atoms with Crippen molar-refractivity contribution in [2.24, 2.45) is 0 Å². The van der Waals surface area contributed by atoms with Crippen LogP contribution in [-0.4, -0.2) is 34.2 Å². The minimum absolute atomic E-state index is 0.177. The lowest BCUT2D eigenvalue weighted by atomic mass is 10.1. The van der Waals surface area contributed by atoms with Gasteiger partial charge in [-0.2, -0.15) is 0 Å². The van der Waals surface area contributed by atoms with Gasteiger partial charge in [0.15, 0.2) is 0 Å². The van der Waals surface area contributed by atoms with Crippen LogP contribution in [0.2, 0.25) is 0 Å². The van der Waals surface area contributed by atoms with E-state index >= 15 is 0 Å². The van der Waals surface area contributed by atoms with Gasteiger partial charge in [0, 0.05) is 18.5 Å². The lowest BCUT2D eigenvalue weighted by Gasteiger charge is -2.13. The SMILES string of the molecule is O=C(O)CC[C@H](NC(=O)NCc1ccoc1)C(=O)O. The molecule has 1 rings (SSSR count). The molecule has 0 aromatic carbocycles. The molecule has 0 aliphatic rings. The number of hydrogen-bond acceptors (Lipinski definition) is 4. The summed E-state index contributed by atoms with van der Waals surface area (Å²) in [6.45, 7) is 0.188. The van der Waals surface area contributed by atoms with Crippen molar-refractivity contribution in [2.75, 3.05) is 0 Å². The number of amides is 2. The maximum absolute atomic E-state index is 11.4. The van der Waals surface area contributed by atoms with Gasteiger partial charge in [-0.25, -0.2) is 9.59 Å². The highest BCUT2D eigenvalue weighted by Gasteiger charge is 2.20. The number of urea groups is 1. The Hall–Kier alpha value is -2.51. The summed E-state index contributed by atoms with van der Waals surface area (Å²) in [5, 5.41) is 21.9. The molecule has 1 heterocycles. The second-order valence-corrected chi connectivity index (χ2v) is 3.78. The molecular weight excluding hydrogens is 256 g/mol. The average Bonchev–Trinajstić information content (AvgIpc) is 2.84. The molecule has 0 saturated heterocycles. The first-order valence-electron chi connectivity index (χ1n) is 5.49. The van der Waals surface area contributed by atoms with Gasteiger partial charge in [0.05, 0.1) is 12.5 Å². The highest BCUT2D eigenvalue weighted by molar-refractivity contribution is 5.82. The van der Waals surface area contributed by atoms with Crippen LogP contribution in [0.25, 0.3) is 0 Å². The van der Waals surface area contributed by atoms with Gasteiger partial charge in [-0.15, -0.1) is 0 Å². The average molecular weight is 270 g/mol. The largest absolute Gasteiger partial charge is 0.481 e. The van der Waals surface area contributed by atoms with Crippen molar-refractivity contribution in [2.45, 2.75) is 25.4 Å². The fourth-order valence-corrected chi connectivity index (χ4v) is 1.31. The van der Waals surface area contributed by atoms with Crippen molar-refractivity contribution in [3.05, 3.63) is 24.2 Å². The fraction of sp³-hybridized carbons (Fsp3) is 0.364. The summed E-state index contributed by atoms with van der Waals surface area (Å²) in [6, 6.07) is -0.265. The molecule has 19 heavy (non-hydrogen) atoms. The van der Waals surface area contributed by atoms with Crippen molar-refractivity contribution in [3.8, 4) is 0 Å².